The fourth-order valence-electron chi connectivity index (χ4n) is 4.72. The molecule has 0 saturated heterocycles. The molecular formula is C21H24F3N3O4. The van der Waals surface area contributed by atoms with Gasteiger partial charge in [0, 0.05) is 18.6 Å². The number of rotatable bonds is 6. The van der Waals surface area contributed by atoms with Gasteiger partial charge in [-0.1, -0.05) is 25.7 Å². The van der Waals surface area contributed by atoms with Crippen molar-refractivity contribution >= 4 is 22.7 Å². The number of benzene rings is 1. The van der Waals surface area contributed by atoms with Gasteiger partial charge in [-0.3, -0.25) is 14.2 Å². The first-order valence-electron chi connectivity index (χ1n) is 10.3. The van der Waals surface area contributed by atoms with Crippen molar-refractivity contribution < 1.29 is 32.2 Å². The maximum atomic E-state index is 14.4. The number of ketones is 1. The zero-order chi connectivity index (χ0) is 22.4. The number of imidazole rings is 1. The van der Waals surface area contributed by atoms with Crippen molar-refractivity contribution in [1.82, 2.24) is 14.9 Å². The lowest BCUT2D eigenvalue weighted by Gasteiger charge is -2.33. The van der Waals surface area contributed by atoms with Gasteiger partial charge >= 0.3 is 6.18 Å². The molecule has 1 atom stereocenters. The molecule has 2 aliphatic rings. The van der Waals surface area contributed by atoms with Crippen LogP contribution in [0.4, 0.5) is 13.2 Å². The topological polar surface area (TPSA) is 82.4 Å². The van der Waals surface area contributed by atoms with E-state index in [1.807, 2.05) is 5.32 Å². The number of nitrogens with zero attached hydrogens (tertiary/aromatic N) is 2. The standard InChI is InChI=1S/C21H24F3N3O4/c1-30-15-9-13-14(10-16(15)31-2)27-18(25-13)11-17(28)20(27,21(22,23)24)26-19(29)8-7-12-5-3-4-6-12/h9-10,12H,3-8,11H2,1-2H3,(H,26,29). The number of Topliss-reactive ketones (excluding diaryl/α,β-unsaturated/α-hetero) is 1. The van der Waals surface area contributed by atoms with E-state index in [1.165, 1.54) is 26.4 Å². The molecule has 1 amide bonds. The van der Waals surface area contributed by atoms with Crippen LogP contribution < -0.4 is 14.8 Å². The molecule has 4 rings (SSSR count). The van der Waals surface area contributed by atoms with Crippen LogP contribution in [0.3, 0.4) is 0 Å². The number of hydrogen-bond donors (Lipinski definition) is 1. The molecule has 0 radical (unpaired) electrons. The summed E-state index contributed by atoms with van der Waals surface area (Å²) in [5.74, 6) is -1.19. The Morgan fingerprint density at radius 1 is 1.23 bits per heavy atom. The van der Waals surface area contributed by atoms with Gasteiger partial charge in [-0.25, -0.2) is 4.98 Å². The first-order chi connectivity index (χ1) is 14.7. The second kappa shape index (κ2) is 7.72. The third-order valence-corrected chi connectivity index (χ3v) is 6.27. The molecule has 1 aliphatic carbocycles. The minimum absolute atomic E-state index is 0.0342. The Kier molecular flexibility index (Phi) is 5.35. The van der Waals surface area contributed by atoms with Crippen LogP contribution in [-0.2, 0) is 21.7 Å². The number of methoxy groups -OCH3 is 2. The second-order valence-electron chi connectivity index (χ2n) is 8.10. The van der Waals surface area contributed by atoms with Gasteiger partial charge in [0.2, 0.25) is 5.91 Å². The molecule has 10 heteroatoms. The van der Waals surface area contributed by atoms with Crippen LogP contribution in [0.5, 0.6) is 11.5 Å². The first kappa shape index (κ1) is 21.5. The number of carbonyl (C=O) groups is 2. The van der Waals surface area contributed by atoms with Crippen molar-refractivity contribution in [3.05, 3.63) is 18.0 Å². The molecule has 1 aromatic carbocycles. The van der Waals surface area contributed by atoms with Gasteiger partial charge in [0.1, 0.15) is 5.82 Å². The van der Waals surface area contributed by atoms with E-state index in [2.05, 4.69) is 4.98 Å². The smallest absolute Gasteiger partial charge is 0.438 e. The lowest BCUT2D eigenvalue weighted by atomic mass is 10.00. The van der Waals surface area contributed by atoms with Gasteiger partial charge in [0.05, 0.1) is 31.7 Å². The summed E-state index contributed by atoms with van der Waals surface area (Å²) in [6.07, 6.45) is -1.03. The molecular weight excluding hydrogens is 415 g/mol. The van der Waals surface area contributed by atoms with E-state index < -0.39 is 30.0 Å². The Morgan fingerprint density at radius 3 is 2.48 bits per heavy atom. The molecule has 0 spiro atoms. The molecule has 31 heavy (non-hydrogen) atoms. The van der Waals surface area contributed by atoms with Crippen molar-refractivity contribution in [2.75, 3.05) is 14.2 Å². The Morgan fingerprint density at radius 2 is 1.87 bits per heavy atom. The Bertz CT molecular complexity index is 1030. The van der Waals surface area contributed by atoms with Gasteiger partial charge in [-0.05, 0) is 12.3 Å². The maximum absolute atomic E-state index is 14.4. The highest BCUT2D eigenvalue weighted by atomic mass is 19.4. The van der Waals surface area contributed by atoms with E-state index in [1.54, 1.807) is 0 Å². The fraction of sp³-hybridized carbons (Fsp3) is 0.571. The average molecular weight is 439 g/mol. The molecule has 1 aliphatic heterocycles. The summed E-state index contributed by atoms with van der Waals surface area (Å²) in [6, 6.07) is 2.79. The van der Waals surface area contributed by atoms with E-state index >= 15 is 0 Å². The Labute approximate surface area is 176 Å². The lowest BCUT2D eigenvalue weighted by Crippen LogP contribution is -2.62. The highest BCUT2D eigenvalue weighted by Crippen LogP contribution is 2.45. The molecule has 1 fully saturated rings. The molecule has 168 valence electrons. The molecule has 0 bridgehead atoms. The number of fused-ring (bicyclic) bond motifs is 3. The predicted molar refractivity (Wildman–Crippen MR) is 105 cm³/mol. The second-order valence-corrected chi connectivity index (χ2v) is 8.10. The quantitative estimate of drug-likeness (QED) is 0.745. The normalized spacial score (nSPS) is 21.5. The minimum Gasteiger partial charge on any atom is -0.493 e. The number of carbonyl (C=O) groups excluding carboxylic acids is 2. The third-order valence-electron chi connectivity index (χ3n) is 6.27. The van der Waals surface area contributed by atoms with Crippen LogP contribution in [0.15, 0.2) is 12.1 Å². The third kappa shape index (κ3) is 3.41. The molecule has 1 unspecified atom stereocenters. The summed E-state index contributed by atoms with van der Waals surface area (Å²) in [4.78, 5) is 29.5. The van der Waals surface area contributed by atoms with E-state index in [0.717, 1.165) is 30.3 Å². The summed E-state index contributed by atoms with van der Waals surface area (Å²) < 4.78 is 54.5. The van der Waals surface area contributed by atoms with E-state index in [-0.39, 0.29) is 29.0 Å². The number of hydrogen-bond acceptors (Lipinski definition) is 5. The van der Waals surface area contributed by atoms with E-state index in [4.69, 9.17) is 9.47 Å². The molecule has 2 heterocycles. The van der Waals surface area contributed by atoms with Gasteiger partial charge < -0.3 is 14.8 Å². The van der Waals surface area contributed by atoms with Crippen LogP contribution in [0.25, 0.3) is 11.0 Å². The number of ether oxygens (including phenoxy) is 2. The van der Waals surface area contributed by atoms with E-state index in [9.17, 15) is 22.8 Å². The van der Waals surface area contributed by atoms with Gasteiger partial charge in [0.25, 0.3) is 5.66 Å². The van der Waals surface area contributed by atoms with Crippen molar-refractivity contribution in [3.63, 3.8) is 0 Å². The van der Waals surface area contributed by atoms with Crippen LogP contribution in [-0.4, -0.2) is 41.6 Å². The van der Waals surface area contributed by atoms with E-state index in [0.29, 0.717) is 18.1 Å². The Balaban J connectivity index is 1.76. The molecule has 1 aromatic heterocycles. The number of alkyl halides is 3. The van der Waals surface area contributed by atoms with Crippen LogP contribution in [0.2, 0.25) is 0 Å². The van der Waals surface area contributed by atoms with Gasteiger partial charge in [-0.15, -0.1) is 0 Å². The zero-order valence-corrected chi connectivity index (χ0v) is 17.3. The van der Waals surface area contributed by atoms with Crippen LogP contribution in [0.1, 0.15) is 44.3 Å². The fourth-order valence-corrected chi connectivity index (χ4v) is 4.72. The maximum Gasteiger partial charge on any atom is 0.438 e. The van der Waals surface area contributed by atoms with Crippen molar-refractivity contribution in [2.24, 2.45) is 5.92 Å². The van der Waals surface area contributed by atoms with Crippen LogP contribution >= 0.6 is 0 Å². The van der Waals surface area contributed by atoms with Crippen molar-refractivity contribution in [3.8, 4) is 11.5 Å². The predicted octanol–water partition coefficient (Wildman–Crippen LogP) is 3.48. The first-order valence-corrected chi connectivity index (χ1v) is 10.3. The van der Waals surface area contributed by atoms with Crippen molar-refractivity contribution in [1.29, 1.82) is 0 Å². The molecule has 2 aromatic rings. The molecule has 7 nitrogen and oxygen atoms in total. The number of halogens is 3. The average Bonchev–Trinajstić information content (AvgIpc) is 3.41. The van der Waals surface area contributed by atoms with Crippen LogP contribution in [0, 0.1) is 5.92 Å². The van der Waals surface area contributed by atoms with Gasteiger partial charge in [0.15, 0.2) is 17.3 Å². The SMILES string of the molecule is COc1cc2nc3n(c2cc1OC)C(NC(=O)CCC1CCCC1)(C(F)(F)F)C(=O)C3. The number of aromatic nitrogens is 2. The van der Waals surface area contributed by atoms with Crippen molar-refractivity contribution in [2.45, 2.75) is 56.8 Å². The summed E-state index contributed by atoms with van der Waals surface area (Å²) in [5, 5.41) is 2.04. The molecule has 1 saturated carbocycles. The summed E-state index contributed by atoms with van der Waals surface area (Å²) >= 11 is 0. The molecule has 1 N–H and O–H groups in total. The summed E-state index contributed by atoms with van der Waals surface area (Å²) in [7, 11) is 2.76. The largest absolute Gasteiger partial charge is 0.493 e. The lowest BCUT2D eigenvalue weighted by molar-refractivity contribution is -0.218. The number of amides is 1. The van der Waals surface area contributed by atoms with Gasteiger partial charge in [-0.2, -0.15) is 13.2 Å². The monoisotopic (exact) mass is 439 g/mol. The Hall–Kier alpha value is -2.78. The zero-order valence-electron chi connectivity index (χ0n) is 17.3. The summed E-state index contributed by atoms with van der Waals surface area (Å²) in [6.45, 7) is 0. The summed E-state index contributed by atoms with van der Waals surface area (Å²) in [5.41, 5.74) is -2.94. The number of nitrogens with one attached hydrogen (secondary N) is 1. The minimum atomic E-state index is -5.06. The highest BCUT2D eigenvalue weighted by molar-refractivity contribution is 5.98. The highest BCUT2D eigenvalue weighted by Gasteiger charge is 2.66.